The molecule has 1 aromatic carbocycles. The van der Waals surface area contributed by atoms with Crippen molar-refractivity contribution in [3.63, 3.8) is 0 Å². The van der Waals surface area contributed by atoms with E-state index < -0.39 is 5.60 Å². The van der Waals surface area contributed by atoms with Crippen LogP contribution in [0.3, 0.4) is 0 Å². The number of nitrogens with zero attached hydrogens (tertiary/aromatic N) is 1. The maximum atomic E-state index is 12.6. The number of hydrogen-bond acceptors (Lipinski definition) is 2. The van der Waals surface area contributed by atoms with Crippen molar-refractivity contribution in [3.8, 4) is 0 Å². The lowest BCUT2D eigenvalue weighted by Crippen LogP contribution is -2.46. The van der Waals surface area contributed by atoms with Crippen LogP contribution in [0.5, 0.6) is 0 Å². The van der Waals surface area contributed by atoms with Gasteiger partial charge in [0.2, 0.25) is 0 Å². The zero-order valence-corrected chi connectivity index (χ0v) is 15.2. The highest BCUT2D eigenvalue weighted by atomic mass is 79.9. The van der Waals surface area contributed by atoms with Gasteiger partial charge in [0.25, 0.3) is 0 Å². The molecule has 0 saturated carbocycles. The highest BCUT2D eigenvalue weighted by Crippen LogP contribution is 2.38. The molecular formula is C16H21BrClNO2. The fourth-order valence-electron chi connectivity index (χ4n) is 2.60. The highest BCUT2D eigenvalue weighted by Gasteiger charge is 2.33. The number of benzene rings is 1. The van der Waals surface area contributed by atoms with Crippen LogP contribution in [-0.4, -0.2) is 17.7 Å². The molecule has 1 atom stereocenters. The van der Waals surface area contributed by atoms with E-state index in [2.05, 4.69) is 22.9 Å². The van der Waals surface area contributed by atoms with Gasteiger partial charge in [0.05, 0.1) is 10.7 Å². The van der Waals surface area contributed by atoms with Crippen LogP contribution in [0.2, 0.25) is 5.02 Å². The van der Waals surface area contributed by atoms with Crippen LogP contribution in [-0.2, 0) is 11.2 Å². The van der Waals surface area contributed by atoms with Crippen molar-refractivity contribution in [1.82, 2.24) is 0 Å². The van der Waals surface area contributed by atoms with E-state index in [1.54, 1.807) is 4.90 Å². The number of hydrogen-bond donors (Lipinski definition) is 0. The summed E-state index contributed by atoms with van der Waals surface area (Å²) in [7, 11) is 0. The first-order valence-electron chi connectivity index (χ1n) is 7.23. The fraction of sp³-hybridized carbons (Fsp3) is 0.562. The molecule has 2 rings (SSSR count). The van der Waals surface area contributed by atoms with E-state index in [0.717, 1.165) is 35.0 Å². The second-order valence-electron chi connectivity index (χ2n) is 6.35. The van der Waals surface area contributed by atoms with Crippen LogP contribution in [0.4, 0.5) is 10.5 Å². The van der Waals surface area contributed by atoms with Gasteiger partial charge in [-0.15, -0.1) is 0 Å². The Morgan fingerprint density at radius 3 is 2.71 bits per heavy atom. The largest absolute Gasteiger partial charge is 0.443 e. The molecule has 0 spiro atoms. The zero-order valence-electron chi connectivity index (χ0n) is 12.9. The van der Waals surface area contributed by atoms with E-state index in [1.807, 2.05) is 32.9 Å². The summed E-state index contributed by atoms with van der Waals surface area (Å²) < 4.78 is 6.37. The van der Waals surface area contributed by atoms with Gasteiger partial charge in [0.1, 0.15) is 5.60 Å². The number of amides is 1. The smallest absolute Gasteiger partial charge is 0.415 e. The molecule has 1 aromatic rings. The molecule has 1 unspecified atom stereocenters. The van der Waals surface area contributed by atoms with Gasteiger partial charge < -0.3 is 4.74 Å². The molecule has 3 nitrogen and oxygen atoms in total. The molecule has 1 amide bonds. The number of rotatable bonds is 1. The normalized spacial score (nSPS) is 18.4. The van der Waals surface area contributed by atoms with Gasteiger partial charge in [-0.3, -0.25) is 4.90 Å². The molecule has 0 N–H and O–H groups in total. The SMILES string of the molecule is CCC1CCc2cc(Cl)c(Br)cc2N1C(=O)OC(C)(C)C. The zero-order chi connectivity index (χ0) is 15.8. The van der Waals surface area contributed by atoms with Gasteiger partial charge in [-0.25, -0.2) is 4.79 Å². The molecule has 0 saturated heterocycles. The molecule has 1 aliphatic rings. The average molecular weight is 375 g/mol. The summed E-state index contributed by atoms with van der Waals surface area (Å²) in [5.41, 5.74) is 1.49. The van der Waals surface area contributed by atoms with Crippen molar-refractivity contribution in [2.24, 2.45) is 0 Å². The number of anilines is 1. The van der Waals surface area contributed by atoms with Gasteiger partial charge in [0, 0.05) is 10.5 Å². The predicted octanol–water partition coefficient (Wildman–Crippen LogP) is 5.57. The summed E-state index contributed by atoms with van der Waals surface area (Å²) in [5.74, 6) is 0. The molecule has 1 aliphatic heterocycles. The van der Waals surface area contributed by atoms with Crippen molar-refractivity contribution >= 4 is 39.3 Å². The van der Waals surface area contributed by atoms with Crippen LogP contribution in [0.1, 0.15) is 46.1 Å². The summed E-state index contributed by atoms with van der Waals surface area (Å²) in [5, 5.41) is 0.674. The van der Waals surface area contributed by atoms with E-state index in [-0.39, 0.29) is 12.1 Å². The number of carbonyl (C=O) groups excluding carboxylic acids is 1. The van der Waals surface area contributed by atoms with Crippen molar-refractivity contribution in [2.75, 3.05) is 4.90 Å². The summed E-state index contributed by atoms with van der Waals surface area (Å²) in [4.78, 5) is 14.4. The monoisotopic (exact) mass is 373 g/mol. The van der Waals surface area contributed by atoms with Crippen LogP contribution < -0.4 is 4.90 Å². The first-order valence-corrected chi connectivity index (χ1v) is 8.40. The summed E-state index contributed by atoms with van der Waals surface area (Å²) in [6, 6.07) is 4.02. The molecule has 0 fully saturated rings. The van der Waals surface area contributed by atoms with Crippen LogP contribution in [0.15, 0.2) is 16.6 Å². The summed E-state index contributed by atoms with van der Waals surface area (Å²) in [6.07, 6.45) is 2.48. The Kier molecular flexibility index (Phi) is 4.89. The number of carbonyl (C=O) groups is 1. The van der Waals surface area contributed by atoms with E-state index in [0.29, 0.717) is 5.02 Å². The van der Waals surface area contributed by atoms with Crippen molar-refractivity contribution < 1.29 is 9.53 Å². The van der Waals surface area contributed by atoms with E-state index in [9.17, 15) is 4.79 Å². The molecular weight excluding hydrogens is 354 g/mol. The lowest BCUT2D eigenvalue weighted by Gasteiger charge is -2.38. The first kappa shape index (κ1) is 16.6. The molecule has 116 valence electrons. The van der Waals surface area contributed by atoms with E-state index >= 15 is 0 Å². The molecule has 0 bridgehead atoms. The third-order valence-electron chi connectivity index (χ3n) is 3.55. The average Bonchev–Trinajstić information content (AvgIpc) is 2.36. The number of fused-ring (bicyclic) bond motifs is 1. The first-order chi connectivity index (χ1) is 9.73. The second kappa shape index (κ2) is 6.17. The van der Waals surface area contributed by atoms with Gasteiger partial charge in [-0.1, -0.05) is 18.5 Å². The Labute approximate surface area is 139 Å². The molecule has 1 heterocycles. The number of aryl methyl sites for hydroxylation is 1. The Morgan fingerprint density at radius 1 is 1.48 bits per heavy atom. The lowest BCUT2D eigenvalue weighted by molar-refractivity contribution is 0.0559. The number of ether oxygens (including phenoxy) is 1. The molecule has 0 aliphatic carbocycles. The number of halogens is 2. The van der Waals surface area contributed by atoms with Gasteiger partial charge in [-0.2, -0.15) is 0 Å². The van der Waals surface area contributed by atoms with Crippen molar-refractivity contribution in [2.45, 2.75) is 58.6 Å². The minimum atomic E-state index is -0.503. The molecule has 21 heavy (non-hydrogen) atoms. The quantitative estimate of drug-likeness (QED) is 0.643. The Hall–Kier alpha value is -0.740. The van der Waals surface area contributed by atoms with Gasteiger partial charge >= 0.3 is 6.09 Å². The van der Waals surface area contributed by atoms with Crippen LogP contribution >= 0.6 is 27.5 Å². The minimum absolute atomic E-state index is 0.167. The highest BCUT2D eigenvalue weighted by molar-refractivity contribution is 9.10. The summed E-state index contributed by atoms with van der Waals surface area (Å²) >= 11 is 9.61. The predicted molar refractivity (Wildman–Crippen MR) is 90.3 cm³/mol. The van der Waals surface area contributed by atoms with Gasteiger partial charge in [0.15, 0.2) is 0 Å². The lowest BCUT2D eigenvalue weighted by atomic mass is 9.94. The summed E-state index contributed by atoms with van der Waals surface area (Å²) in [6.45, 7) is 7.75. The second-order valence-corrected chi connectivity index (χ2v) is 7.61. The Morgan fingerprint density at radius 2 is 2.14 bits per heavy atom. The Bertz CT molecular complexity index is 554. The molecule has 0 aromatic heterocycles. The molecule has 5 heteroatoms. The molecule has 0 radical (unpaired) electrons. The third-order valence-corrected chi connectivity index (χ3v) is 4.75. The van der Waals surface area contributed by atoms with E-state index in [4.69, 9.17) is 16.3 Å². The maximum Gasteiger partial charge on any atom is 0.415 e. The van der Waals surface area contributed by atoms with Crippen molar-refractivity contribution in [1.29, 1.82) is 0 Å². The third kappa shape index (κ3) is 3.72. The standard InChI is InChI=1S/C16H21BrClNO2/c1-5-11-7-6-10-8-13(18)12(17)9-14(10)19(11)15(20)21-16(2,3)4/h8-9,11H,5-7H2,1-4H3. The van der Waals surface area contributed by atoms with Crippen LogP contribution in [0.25, 0.3) is 0 Å². The van der Waals surface area contributed by atoms with E-state index in [1.165, 1.54) is 0 Å². The van der Waals surface area contributed by atoms with Crippen LogP contribution in [0, 0.1) is 0 Å². The Balaban J connectivity index is 2.42. The van der Waals surface area contributed by atoms with Gasteiger partial charge in [-0.05, 0) is 73.7 Å². The maximum absolute atomic E-state index is 12.6. The minimum Gasteiger partial charge on any atom is -0.443 e. The van der Waals surface area contributed by atoms with Crippen molar-refractivity contribution in [3.05, 3.63) is 27.2 Å². The topological polar surface area (TPSA) is 29.5 Å². The fourth-order valence-corrected chi connectivity index (χ4v) is 3.11.